The van der Waals surface area contributed by atoms with E-state index in [0.29, 0.717) is 6.42 Å². The molecule has 4 N–H and O–H groups in total. The van der Waals surface area contributed by atoms with Gasteiger partial charge in [0.1, 0.15) is 0 Å². The molecule has 0 saturated heterocycles. The highest BCUT2D eigenvalue weighted by Gasteiger charge is 2.14. The van der Waals surface area contributed by atoms with Crippen LogP contribution >= 0.6 is 0 Å². The summed E-state index contributed by atoms with van der Waals surface area (Å²) in [5.41, 5.74) is 12.5. The molecule has 0 saturated carbocycles. The van der Waals surface area contributed by atoms with E-state index in [1.54, 1.807) is 6.20 Å². The first-order valence-corrected chi connectivity index (χ1v) is 4.54. The van der Waals surface area contributed by atoms with Crippen molar-refractivity contribution in [3.05, 3.63) is 29.6 Å². The number of carbonyl (C=O) groups is 1. The van der Waals surface area contributed by atoms with E-state index in [1.165, 1.54) is 0 Å². The molecule has 0 spiro atoms. The topological polar surface area (TPSA) is 82.0 Å². The molecule has 1 rings (SSSR count). The smallest absolute Gasteiger partial charge is 0.222 e. The van der Waals surface area contributed by atoms with Crippen molar-refractivity contribution in [2.24, 2.45) is 17.4 Å². The summed E-state index contributed by atoms with van der Waals surface area (Å²) >= 11 is 0. The molecule has 1 aromatic rings. The number of hydrogen-bond donors (Lipinski definition) is 2. The third-order valence-corrected chi connectivity index (χ3v) is 2.12. The molecule has 0 aliphatic heterocycles. The van der Waals surface area contributed by atoms with E-state index < -0.39 is 0 Å². The van der Waals surface area contributed by atoms with Crippen molar-refractivity contribution in [2.75, 3.05) is 6.54 Å². The Morgan fingerprint density at radius 1 is 1.57 bits per heavy atom. The van der Waals surface area contributed by atoms with Crippen molar-refractivity contribution in [1.29, 1.82) is 0 Å². The van der Waals surface area contributed by atoms with Gasteiger partial charge in [0.05, 0.1) is 5.92 Å². The lowest BCUT2D eigenvalue weighted by Crippen LogP contribution is -2.31. The van der Waals surface area contributed by atoms with Crippen LogP contribution < -0.4 is 11.5 Å². The third kappa shape index (κ3) is 2.81. The van der Waals surface area contributed by atoms with E-state index in [1.807, 2.05) is 19.1 Å². The molecule has 4 nitrogen and oxygen atoms in total. The van der Waals surface area contributed by atoms with Gasteiger partial charge in [-0.3, -0.25) is 9.78 Å². The fraction of sp³-hybridized carbons (Fsp3) is 0.400. The van der Waals surface area contributed by atoms with Crippen molar-refractivity contribution < 1.29 is 4.79 Å². The Morgan fingerprint density at radius 2 is 2.29 bits per heavy atom. The maximum Gasteiger partial charge on any atom is 0.222 e. The van der Waals surface area contributed by atoms with Gasteiger partial charge in [0.25, 0.3) is 0 Å². The first kappa shape index (κ1) is 10.7. The molecule has 1 atom stereocenters. The molecule has 0 fully saturated rings. The zero-order valence-corrected chi connectivity index (χ0v) is 8.23. The van der Waals surface area contributed by atoms with Crippen LogP contribution in [-0.4, -0.2) is 17.4 Å². The summed E-state index contributed by atoms with van der Waals surface area (Å²) in [6.07, 6.45) is 2.29. The lowest BCUT2D eigenvalue weighted by Gasteiger charge is -2.09. The fourth-order valence-electron chi connectivity index (χ4n) is 1.17. The molecule has 1 unspecified atom stereocenters. The van der Waals surface area contributed by atoms with Crippen LogP contribution in [0.1, 0.15) is 11.3 Å². The highest BCUT2D eigenvalue weighted by Crippen LogP contribution is 2.05. The van der Waals surface area contributed by atoms with E-state index in [4.69, 9.17) is 11.5 Å². The first-order chi connectivity index (χ1) is 6.63. The van der Waals surface area contributed by atoms with Gasteiger partial charge >= 0.3 is 0 Å². The van der Waals surface area contributed by atoms with Crippen LogP contribution in [0.15, 0.2) is 18.3 Å². The summed E-state index contributed by atoms with van der Waals surface area (Å²) in [6.45, 7) is 2.23. The average Bonchev–Trinajstić information content (AvgIpc) is 2.16. The van der Waals surface area contributed by atoms with Crippen LogP contribution in [0.3, 0.4) is 0 Å². The number of amides is 1. The lowest BCUT2D eigenvalue weighted by atomic mass is 10.0. The van der Waals surface area contributed by atoms with Gasteiger partial charge in [0, 0.05) is 24.9 Å². The number of aryl methyl sites for hydroxylation is 1. The molecular formula is C10H15N3O. The summed E-state index contributed by atoms with van der Waals surface area (Å²) in [5.74, 6) is -0.680. The maximum atomic E-state index is 10.9. The molecular weight excluding hydrogens is 178 g/mol. The van der Waals surface area contributed by atoms with Crippen LogP contribution in [0.2, 0.25) is 0 Å². The molecule has 0 aliphatic rings. The Balaban J connectivity index is 2.67. The van der Waals surface area contributed by atoms with Crippen LogP contribution in [-0.2, 0) is 11.2 Å². The number of carbonyl (C=O) groups excluding carboxylic acids is 1. The van der Waals surface area contributed by atoms with Crippen LogP contribution in [0, 0.1) is 12.8 Å². The van der Waals surface area contributed by atoms with Crippen LogP contribution in [0.25, 0.3) is 0 Å². The predicted molar refractivity (Wildman–Crippen MR) is 54.4 cm³/mol. The number of rotatable bonds is 4. The van der Waals surface area contributed by atoms with E-state index in [0.717, 1.165) is 11.3 Å². The standard InChI is InChI=1S/C10H15N3O/c1-7-2-3-9(13-6-7)4-8(5-11)10(12)14/h2-3,6,8H,4-5,11H2,1H3,(H2,12,14). The Kier molecular flexibility index (Phi) is 3.59. The van der Waals surface area contributed by atoms with Gasteiger partial charge in [0.2, 0.25) is 5.91 Å². The molecule has 1 amide bonds. The summed E-state index contributed by atoms with van der Waals surface area (Å²) in [6, 6.07) is 3.85. The highest BCUT2D eigenvalue weighted by molar-refractivity contribution is 5.77. The van der Waals surface area contributed by atoms with E-state index >= 15 is 0 Å². The number of nitrogens with two attached hydrogens (primary N) is 2. The quantitative estimate of drug-likeness (QED) is 0.705. The molecule has 0 aliphatic carbocycles. The van der Waals surface area contributed by atoms with Gasteiger partial charge in [-0.15, -0.1) is 0 Å². The maximum absolute atomic E-state index is 10.9. The molecule has 14 heavy (non-hydrogen) atoms. The average molecular weight is 193 g/mol. The van der Waals surface area contributed by atoms with Crippen LogP contribution in [0.5, 0.6) is 0 Å². The minimum atomic E-state index is -0.366. The molecule has 4 heteroatoms. The second-order valence-electron chi connectivity index (χ2n) is 3.37. The van der Waals surface area contributed by atoms with E-state index in [-0.39, 0.29) is 18.4 Å². The molecule has 76 valence electrons. The van der Waals surface area contributed by atoms with Gasteiger partial charge < -0.3 is 11.5 Å². The number of aromatic nitrogens is 1. The molecule has 0 aromatic carbocycles. The largest absolute Gasteiger partial charge is 0.369 e. The minimum Gasteiger partial charge on any atom is -0.369 e. The predicted octanol–water partition coefficient (Wildman–Crippen LogP) is -0.00728. The van der Waals surface area contributed by atoms with Crippen molar-refractivity contribution in [3.63, 3.8) is 0 Å². The second-order valence-corrected chi connectivity index (χ2v) is 3.37. The van der Waals surface area contributed by atoms with Gasteiger partial charge in [-0.25, -0.2) is 0 Å². The summed E-state index contributed by atoms with van der Waals surface area (Å²) in [5, 5.41) is 0. The van der Waals surface area contributed by atoms with Gasteiger partial charge in [0.15, 0.2) is 0 Å². The van der Waals surface area contributed by atoms with Gasteiger partial charge in [-0.1, -0.05) is 6.07 Å². The second kappa shape index (κ2) is 4.72. The minimum absolute atomic E-state index is 0.269. The monoisotopic (exact) mass is 193 g/mol. The van der Waals surface area contributed by atoms with Crippen molar-refractivity contribution in [1.82, 2.24) is 4.98 Å². The van der Waals surface area contributed by atoms with Crippen LogP contribution in [0.4, 0.5) is 0 Å². The lowest BCUT2D eigenvalue weighted by molar-refractivity contribution is -0.121. The number of primary amides is 1. The third-order valence-electron chi connectivity index (χ3n) is 2.12. The van der Waals surface area contributed by atoms with E-state index in [2.05, 4.69) is 4.98 Å². The molecule has 1 aromatic heterocycles. The van der Waals surface area contributed by atoms with Crippen molar-refractivity contribution in [3.8, 4) is 0 Å². The number of nitrogens with zero attached hydrogens (tertiary/aromatic N) is 1. The zero-order valence-electron chi connectivity index (χ0n) is 8.23. The Labute approximate surface area is 83.3 Å². The van der Waals surface area contributed by atoms with E-state index in [9.17, 15) is 4.79 Å². The van der Waals surface area contributed by atoms with Gasteiger partial charge in [-0.2, -0.15) is 0 Å². The summed E-state index contributed by atoms with van der Waals surface area (Å²) in [4.78, 5) is 15.1. The first-order valence-electron chi connectivity index (χ1n) is 4.54. The Morgan fingerprint density at radius 3 is 2.71 bits per heavy atom. The summed E-state index contributed by atoms with van der Waals surface area (Å²) in [7, 11) is 0. The Bertz CT molecular complexity index is 308. The number of pyridine rings is 1. The Hall–Kier alpha value is -1.42. The van der Waals surface area contributed by atoms with Gasteiger partial charge in [-0.05, 0) is 18.6 Å². The number of hydrogen-bond acceptors (Lipinski definition) is 3. The SMILES string of the molecule is Cc1ccc(CC(CN)C(N)=O)nc1. The van der Waals surface area contributed by atoms with Crippen molar-refractivity contribution >= 4 is 5.91 Å². The molecule has 0 radical (unpaired) electrons. The summed E-state index contributed by atoms with van der Waals surface area (Å²) < 4.78 is 0. The highest BCUT2D eigenvalue weighted by atomic mass is 16.1. The zero-order chi connectivity index (χ0) is 10.6. The molecule has 1 heterocycles. The fourth-order valence-corrected chi connectivity index (χ4v) is 1.17. The molecule has 0 bridgehead atoms. The normalized spacial score (nSPS) is 12.4. The van der Waals surface area contributed by atoms with Crippen molar-refractivity contribution in [2.45, 2.75) is 13.3 Å².